The zero-order valence-corrected chi connectivity index (χ0v) is 22.5. The van der Waals surface area contributed by atoms with E-state index in [1.807, 2.05) is 24.3 Å². The van der Waals surface area contributed by atoms with Crippen molar-refractivity contribution in [2.75, 3.05) is 13.7 Å². The fourth-order valence-electron chi connectivity index (χ4n) is 6.77. The Morgan fingerprint density at radius 3 is 1.64 bits per heavy atom. The summed E-state index contributed by atoms with van der Waals surface area (Å²) in [4.78, 5) is 0. The lowest BCUT2D eigenvalue weighted by Gasteiger charge is -2.28. The molecule has 2 aliphatic rings. The summed E-state index contributed by atoms with van der Waals surface area (Å²) in [5, 5.41) is 0. The lowest BCUT2D eigenvalue weighted by molar-refractivity contribution is 0.117. The van der Waals surface area contributed by atoms with E-state index in [-0.39, 0.29) is 5.56 Å². The van der Waals surface area contributed by atoms with E-state index in [1.165, 1.54) is 76.2 Å². The molecule has 2 aromatic carbocycles. The molecule has 0 amide bonds. The Kier molecular flexibility index (Phi) is 10.4. The number of benzene rings is 2. The first-order chi connectivity index (χ1) is 17.6. The first kappa shape index (κ1) is 27.3. The highest BCUT2D eigenvalue weighted by molar-refractivity contribution is 5.65. The summed E-state index contributed by atoms with van der Waals surface area (Å²) in [5.74, 6) is 2.25. The monoisotopic (exact) mass is 496 g/mol. The van der Waals surface area contributed by atoms with Crippen LogP contribution < -0.4 is 0 Å². The molecule has 2 aromatic rings. The highest BCUT2D eigenvalue weighted by Gasteiger charge is 2.22. The molecular formula is C33H46F2O. The summed E-state index contributed by atoms with van der Waals surface area (Å²) in [5.41, 5.74) is 2.79. The number of halogens is 2. The third-order valence-electron chi connectivity index (χ3n) is 9.06. The second kappa shape index (κ2) is 13.7. The number of aryl methyl sites for hydroxylation is 2. The van der Waals surface area contributed by atoms with Crippen LogP contribution in [0.3, 0.4) is 0 Å². The molecule has 0 aliphatic heterocycles. The molecule has 2 saturated carbocycles. The van der Waals surface area contributed by atoms with E-state index in [4.69, 9.17) is 4.74 Å². The number of methoxy groups -OCH3 is 1. The zero-order chi connectivity index (χ0) is 25.3. The third kappa shape index (κ3) is 7.63. The fourth-order valence-corrected chi connectivity index (χ4v) is 6.77. The Labute approximate surface area is 218 Å². The molecule has 0 heterocycles. The summed E-state index contributed by atoms with van der Waals surface area (Å²) in [7, 11) is 1.79. The Bertz CT molecular complexity index is 898. The van der Waals surface area contributed by atoms with Gasteiger partial charge in [0.05, 0.1) is 5.56 Å². The van der Waals surface area contributed by atoms with E-state index in [2.05, 4.69) is 6.92 Å². The molecule has 3 heteroatoms. The molecule has 0 radical (unpaired) electrons. The van der Waals surface area contributed by atoms with Crippen molar-refractivity contribution >= 4 is 0 Å². The molecule has 2 fully saturated rings. The molecular weight excluding hydrogens is 450 g/mol. The molecule has 0 unspecified atom stereocenters. The van der Waals surface area contributed by atoms with Crippen LogP contribution in [0.1, 0.15) is 95.1 Å². The smallest absolute Gasteiger partial charge is 0.134 e. The second-order valence-electron chi connectivity index (χ2n) is 11.7. The van der Waals surface area contributed by atoms with E-state index >= 15 is 8.78 Å². The maximum atomic E-state index is 15.0. The maximum absolute atomic E-state index is 15.0. The van der Waals surface area contributed by atoms with Gasteiger partial charge >= 0.3 is 0 Å². The second-order valence-corrected chi connectivity index (χ2v) is 11.7. The SMILES string of the molecule is CCCC1CCC(CCc2cc(F)c(-c3ccc(CCC4CCC(COC)CC4)cc3)c(F)c2)CC1. The molecule has 0 N–H and O–H groups in total. The highest BCUT2D eigenvalue weighted by atomic mass is 19.1. The minimum absolute atomic E-state index is 0.113. The summed E-state index contributed by atoms with van der Waals surface area (Å²) < 4.78 is 35.4. The van der Waals surface area contributed by atoms with E-state index in [0.717, 1.165) is 49.2 Å². The maximum Gasteiger partial charge on any atom is 0.134 e. The quantitative estimate of drug-likeness (QED) is 0.301. The normalized spacial score (nSPS) is 24.7. The molecule has 36 heavy (non-hydrogen) atoms. The lowest BCUT2D eigenvalue weighted by Crippen LogP contribution is -2.18. The Morgan fingerprint density at radius 2 is 1.14 bits per heavy atom. The topological polar surface area (TPSA) is 9.23 Å². The van der Waals surface area contributed by atoms with Crippen molar-refractivity contribution in [2.24, 2.45) is 23.7 Å². The molecule has 0 spiro atoms. The number of hydrogen-bond donors (Lipinski definition) is 0. The van der Waals surface area contributed by atoms with Gasteiger partial charge in [-0.05, 0) is 91.0 Å². The molecule has 0 saturated heterocycles. The first-order valence-corrected chi connectivity index (χ1v) is 14.6. The summed E-state index contributed by atoms with van der Waals surface area (Å²) in [6.07, 6.45) is 17.0. The molecule has 0 atom stereocenters. The lowest BCUT2D eigenvalue weighted by atomic mass is 9.78. The van der Waals surface area contributed by atoms with Crippen LogP contribution in [-0.2, 0) is 17.6 Å². The zero-order valence-electron chi connectivity index (χ0n) is 22.5. The van der Waals surface area contributed by atoms with Gasteiger partial charge in [0.1, 0.15) is 11.6 Å². The molecule has 0 aromatic heterocycles. The number of rotatable bonds is 11. The van der Waals surface area contributed by atoms with Gasteiger partial charge in [0.2, 0.25) is 0 Å². The van der Waals surface area contributed by atoms with Crippen LogP contribution in [0, 0.1) is 35.3 Å². The Balaban J connectivity index is 1.28. The summed E-state index contributed by atoms with van der Waals surface area (Å²) in [6.45, 7) is 3.16. The van der Waals surface area contributed by atoms with Crippen LogP contribution in [0.4, 0.5) is 8.78 Å². The van der Waals surface area contributed by atoms with Crippen LogP contribution in [0.15, 0.2) is 36.4 Å². The van der Waals surface area contributed by atoms with Crippen LogP contribution >= 0.6 is 0 Å². The average molecular weight is 497 g/mol. The predicted octanol–water partition coefficient (Wildman–Crippen LogP) is 9.56. The summed E-state index contributed by atoms with van der Waals surface area (Å²) >= 11 is 0. The van der Waals surface area contributed by atoms with E-state index in [1.54, 1.807) is 19.2 Å². The molecule has 2 aliphatic carbocycles. The van der Waals surface area contributed by atoms with E-state index in [0.29, 0.717) is 11.5 Å². The Hall–Kier alpha value is -1.74. The van der Waals surface area contributed by atoms with Gasteiger partial charge in [0.25, 0.3) is 0 Å². The van der Waals surface area contributed by atoms with Gasteiger partial charge in [-0.15, -0.1) is 0 Å². The number of ether oxygens (including phenoxy) is 1. The van der Waals surface area contributed by atoms with E-state index < -0.39 is 11.6 Å². The van der Waals surface area contributed by atoms with Crippen molar-refractivity contribution in [3.63, 3.8) is 0 Å². The molecule has 4 rings (SSSR count). The van der Waals surface area contributed by atoms with Crippen molar-refractivity contribution in [3.05, 3.63) is 59.2 Å². The van der Waals surface area contributed by atoms with Gasteiger partial charge in [-0.1, -0.05) is 82.6 Å². The van der Waals surface area contributed by atoms with Crippen LogP contribution in [0.5, 0.6) is 0 Å². The van der Waals surface area contributed by atoms with Gasteiger partial charge in [-0.25, -0.2) is 8.78 Å². The fraction of sp³-hybridized carbons (Fsp3) is 0.636. The van der Waals surface area contributed by atoms with Gasteiger partial charge in [0.15, 0.2) is 0 Å². The van der Waals surface area contributed by atoms with Crippen LogP contribution in [-0.4, -0.2) is 13.7 Å². The summed E-state index contributed by atoms with van der Waals surface area (Å²) in [6, 6.07) is 11.0. The molecule has 0 bridgehead atoms. The average Bonchev–Trinajstić information content (AvgIpc) is 2.89. The standard InChI is InChI=1S/C33H46F2O/c1-3-4-24-5-7-25(8-6-24)13-16-29-21-31(34)33(32(35)22-29)30-19-17-27(18-20-30)10-9-26-11-14-28(15-12-26)23-36-2/h17-22,24-26,28H,3-16,23H2,1-2H3. The highest BCUT2D eigenvalue weighted by Crippen LogP contribution is 2.35. The largest absolute Gasteiger partial charge is 0.384 e. The van der Waals surface area contributed by atoms with Crippen molar-refractivity contribution < 1.29 is 13.5 Å². The van der Waals surface area contributed by atoms with Gasteiger partial charge in [-0.2, -0.15) is 0 Å². The number of hydrogen-bond acceptors (Lipinski definition) is 1. The van der Waals surface area contributed by atoms with Crippen molar-refractivity contribution in [3.8, 4) is 11.1 Å². The van der Waals surface area contributed by atoms with E-state index in [9.17, 15) is 0 Å². The third-order valence-corrected chi connectivity index (χ3v) is 9.06. The van der Waals surface area contributed by atoms with Gasteiger partial charge in [0, 0.05) is 13.7 Å². The van der Waals surface area contributed by atoms with Crippen molar-refractivity contribution in [2.45, 2.75) is 96.8 Å². The van der Waals surface area contributed by atoms with Crippen molar-refractivity contribution in [1.82, 2.24) is 0 Å². The van der Waals surface area contributed by atoms with Gasteiger partial charge in [-0.3, -0.25) is 0 Å². The van der Waals surface area contributed by atoms with Crippen molar-refractivity contribution in [1.29, 1.82) is 0 Å². The Morgan fingerprint density at radius 1 is 0.667 bits per heavy atom. The minimum Gasteiger partial charge on any atom is -0.384 e. The van der Waals surface area contributed by atoms with Gasteiger partial charge < -0.3 is 4.74 Å². The minimum atomic E-state index is -0.433. The first-order valence-electron chi connectivity index (χ1n) is 14.6. The van der Waals surface area contributed by atoms with Crippen LogP contribution in [0.2, 0.25) is 0 Å². The predicted molar refractivity (Wildman–Crippen MR) is 146 cm³/mol. The van der Waals surface area contributed by atoms with Crippen LogP contribution in [0.25, 0.3) is 11.1 Å². The molecule has 198 valence electrons. The molecule has 1 nitrogen and oxygen atoms in total.